The van der Waals surface area contributed by atoms with Gasteiger partial charge in [-0.2, -0.15) is 5.26 Å². The molecule has 3 N–H and O–H groups in total. The zero-order valence-corrected chi connectivity index (χ0v) is 9.93. The van der Waals surface area contributed by atoms with Crippen LogP contribution < -0.4 is 10.6 Å². The molecule has 0 radical (unpaired) electrons. The molecule has 2 rings (SSSR count). The lowest BCUT2D eigenvalue weighted by atomic mass is 9.95. The molecular formula is C13H17N3O. The van der Waals surface area contributed by atoms with Gasteiger partial charge < -0.3 is 15.7 Å². The molecule has 2 atom stereocenters. The Hall–Kier alpha value is -1.73. The lowest BCUT2D eigenvalue weighted by Crippen LogP contribution is -2.43. The first-order valence-electron chi connectivity index (χ1n) is 5.84. The van der Waals surface area contributed by atoms with E-state index in [-0.39, 0.29) is 6.10 Å². The zero-order valence-electron chi connectivity index (χ0n) is 9.93. The number of aliphatic hydroxyl groups is 1. The Morgan fingerprint density at radius 3 is 2.94 bits per heavy atom. The quantitative estimate of drug-likeness (QED) is 0.715. The normalized spacial score (nSPS) is 24.4. The summed E-state index contributed by atoms with van der Waals surface area (Å²) in [5.74, 6) is 0.325. The van der Waals surface area contributed by atoms with E-state index in [9.17, 15) is 5.11 Å². The zero-order chi connectivity index (χ0) is 12.4. The predicted octanol–water partition coefficient (Wildman–Crippen LogP) is 1.35. The van der Waals surface area contributed by atoms with Crippen molar-refractivity contribution in [2.75, 3.05) is 23.7 Å². The summed E-state index contributed by atoms with van der Waals surface area (Å²) in [7, 11) is 0. The van der Waals surface area contributed by atoms with Gasteiger partial charge in [-0.15, -0.1) is 0 Å². The third kappa shape index (κ3) is 2.34. The summed E-state index contributed by atoms with van der Waals surface area (Å²) in [5, 5.41) is 19.0. The molecule has 1 aliphatic heterocycles. The maximum atomic E-state index is 9.88. The van der Waals surface area contributed by atoms with Crippen molar-refractivity contribution in [2.24, 2.45) is 5.92 Å². The van der Waals surface area contributed by atoms with E-state index in [1.54, 1.807) is 12.1 Å². The van der Waals surface area contributed by atoms with Crippen LogP contribution in [0.15, 0.2) is 18.2 Å². The molecular weight excluding hydrogens is 214 g/mol. The number of hydrogen-bond donors (Lipinski definition) is 2. The SMILES string of the molecule is CC1CCN(c2ccc(N)cc2C#N)CC1O. The van der Waals surface area contributed by atoms with Crippen LogP contribution in [0.25, 0.3) is 0 Å². The number of nitriles is 1. The fourth-order valence-electron chi connectivity index (χ4n) is 2.19. The Bertz CT molecular complexity index is 452. The average Bonchev–Trinajstić information content (AvgIpc) is 2.32. The first kappa shape index (κ1) is 11.7. The highest BCUT2D eigenvalue weighted by molar-refractivity contribution is 5.64. The van der Waals surface area contributed by atoms with Gasteiger partial charge in [0, 0.05) is 18.8 Å². The molecule has 1 aromatic rings. The number of aliphatic hydroxyl groups excluding tert-OH is 1. The largest absolute Gasteiger partial charge is 0.399 e. The summed E-state index contributed by atoms with van der Waals surface area (Å²) < 4.78 is 0. The smallest absolute Gasteiger partial charge is 0.101 e. The van der Waals surface area contributed by atoms with Gasteiger partial charge in [-0.25, -0.2) is 0 Å². The fraction of sp³-hybridized carbons (Fsp3) is 0.462. The second kappa shape index (κ2) is 4.64. The second-order valence-corrected chi connectivity index (χ2v) is 4.67. The highest BCUT2D eigenvalue weighted by Crippen LogP contribution is 2.27. The first-order chi connectivity index (χ1) is 8.11. The molecule has 1 heterocycles. The van der Waals surface area contributed by atoms with Crippen LogP contribution >= 0.6 is 0 Å². The molecule has 4 heteroatoms. The number of nitrogen functional groups attached to an aromatic ring is 1. The molecule has 0 spiro atoms. The van der Waals surface area contributed by atoms with E-state index in [0.29, 0.717) is 23.7 Å². The Labute approximate surface area is 101 Å². The van der Waals surface area contributed by atoms with Gasteiger partial charge in [-0.05, 0) is 30.5 Å². The molecule has 4 nitrogen and oxygen atoms in total. The van der Waals surface area contributed by atoms with Crippen LogP contribution in [0, 0.1) is 17.2 Å². The molecule has 0 saturated carbocycles. The van der Waals surface area contributed by atoms with Crippen LogP contribution in [0.4, 0.5) is 11.4 Å². The topological polar surface area (TPSA) is 73.3 Å². The molecule has 17 heavy (non-hydrogen) atoms. The van der Waals surface area contributed by atoms with Crippen molar-refractivity contribution in [1.82, 2.24) is 0 Å². The number of rotatable bonds is 1. The molecule has 0 bridgehead atoms. The second-order valence-electron chi connectivity index (χ2n) is 4.67. The summed E-state index contributed by atoms with van der Waals surface area (Å²) in [5.41, 5.74) is 7.70. The molecule has 2 unspecified atom stereocenters. The van der Waals surface area contributed by atoms with Crippen LogP contribution in [-0.2, 0) is 0 Å². The first-order valence-corrected chi connectivity index (χ1v) is 5.84. The Morgan fingerprint density at radius 2 is 2.29 bits per heavy atom. The molecule has 1 saturated heterocycles. The number of nitrogens with zero attached hydrogens (tertiary/aromatic N) is 2. The lowest BCUT2D eigenvalue weighted by Gasteiger charge is -2.36. The minimum absolute atomic E-state index is 0.325. The number of nitrogens with two attached hydrogens (primary N) is 1. The van der Waals surface area contributed by atoms with Gasteiger partial charge in [0.2, 0.25) is 0 Å². The van der Waals surface area contributed by atoms with Gasteiger partial charge >= 0.3 is 0 Å². The summed E-state index contributed by atoms with van der Waals surface area (Å²) in [6, 6.07) is 7.49. The van der Waals surface area contributed by atoms with Crippen molar-refractivity contribution >= 4 is 11.4 Å². The number of anilines is 2. The highest BCUT2D eigenvalue weighted by Gasteiger charge is 2.25. The van der Waals surface area contributed by atoms with E-state index in [4.69, 9.17) is 11.0 Å². The van der Waals surface area contributed by atoms with E-state index in [2.05, 4.69) is 17.9 Å². The Balaban J connectivity index is 2.26. The number of piperidine rings is 1. The molecule has 1 fully saturated rings. The van der Waals surface area contributed by atoms with Crippen LogP contribution in [0.1, 0.15) is 18.9 Å². The van der Waals surface area contributed by atoms with Crippen LogP contribution in [0.2, 0.25) is 0 Å². The Morgan fingerprint density at radius 1 is 1.53 bits per heavy atom. The van der Waals surface area contributed by atoms with E-state index in [1.165, 1.54) is 0 Å². The minimum Gasteiger partial charge on any atom is -0.399 e. The van der Waals surface area contributed by atoms with Gasteiger partial charge in [0.25, 0.3) is 0 Å². The molecule has 90 valence electrons. The molecule has 0 aliphatic carbocycles. The summed E-state index contributed by atoms with van der Waals surface area (Å²) >= 11 is 0. The van der Waals surface area contributed by atoms with Crippen molar-refractivity contribution in [3.63, 3.8) is 0 Å². The van der Waals surface area contributed by atoms with Crippen molar-refractivity contribution in [2.45, 2.75) is 19.4 Å². The van der Waals surface area contributed by atoms with Gasteiger partial charge in [0.1, 0.15) is 6.07 Å². The highest BCUT2D eigenvalue weighted by atomic mass is 16.3. The van der Waals surface area contributed by atoms with Crippen LogP contribution in [0.5, 0.6) is 0 Å². The van der Waals surface area contributed by atoms with Crippen molar-refractivity contribution < 1.29 is 5.11 Å². The molecule has 0 aromatic heterocycles. The maximum absolute atomic E-state index is 9.88. The number of hydrogen-bond acceptors (Lipinski definition) is 4. The standard InChI is InChI=1S/C13H17N3O/c1-9-4-5-16(8-13(9)17)12-3-2-11(15)6-10(12)7-14/h2-3,6,9,13,17H,4-5,8,15H2,1H3. The monoisotopic (exact) mass is 231 g/mol. The molecule has 0 amide bonds. The fourth-order valence-corrected chi connectivity index (χ4v) is 2.19. The van der Waals surface area contributed by atoms with E-state index in [1.807, 2.05) is 6.07 Å². The van der Waals surface area contributed by atoms with Gasteiger partial charge in [0.15, 0.2) is 0 Å². The number of β-amino-alcohol motifs (C(OH)–C–C–N with tert-alkyl or cyclic N) is 1. The van der Waals surface area contributed by atoms with Crippen molar-refractivity contribution in [3.05, 3.63) is 23.8 Å². The third-order valence-electron chi connectivity index (χ3n) is 3.40. The number of benzene rings is 1. The van der Waals surface area contributed by atoms with Gasteiger partial charge in [0.05, 0.1) is 17.4 Å². The average molecular weight is 231 g/mol. The summed E-state index contributed by atoms with van der Waals surface area (Å²) in [6.45, 7) is 3.51. The van der Waals surface area contributed by atoms with E-state index >= 15 is 0 Å². The maximum Gasteiger partial charge on any atom is 0.101 e. The molecule has 1 aromatic carbocycles. The Kier molecular flexibility index (Phi) is 3.21. The molecule has 1 aliphatic rings. The van der Waals surface area contributed by atoms with Crippen LogP contribution in [0.3, 0.4) is 0 Å². The summed E-state index contributed by atoms with van der Waals surface area (Å²) in [4.78, 5) is 2.06. The van der Waals surface area contributed by atoms with Gasteiger partial charge in [-0.1, -0.05) is 6.92 Å². The van der Waals surface area contributed by atoms with Gasteiger partial charge in [-0.3, -0.25) is 0 Å². The third-order valence-corrected chi connectivity index (χ3v) is 3.40. The lowest BCUT2D eigenvalue weighted by molar-refractivity contribution is 0.103. The summed E-state index contributed by atoms with van der Waals surface area (Å²) in [6.07, 6.45) is 0.615. The van der Waals surface area contributed by atoms with Crippen LogP contribution in [-0.4, -0.2) is 24.3 Å². The van der Waals surface area contributed by atoms with E-state index in [0.717, 1.165) is 18.7 Å². The predicted molar refractivity (Wildman–Crippen MR) is 67.6 cm³/mol. The minimum atomic E-state index is -0.326. The van der Waals surface area contributed by atoms with E-state index < -0.39 is 0 Å². The van der Waals surface area contributed by atoms with Crippen molar-refractivity contribution in [1.29, 1.82) is 5.26 Å². The van der Waals surface area contributed by atoms with Crippen molar-refractivity contribution in [3.8, 4) is 6.07 Å².